The van der Waals surface area contributed by atoms with Gasteiger partial charge in [0.05, 0.1) is 36.2 Å². The van der Waals surface area contributed by atoms with E-state index in [1.807, 2.05) is 24.4 Å². The molecule has 4 aromatic rings. The first-order chi connectivity index (χ1) is 19.5. The highest BCUT2D eigenvalue weighted by Crippen LogP contribution is 2.23. The number of anilines is 1. The molecular weight excluding hydrogens is 517 g/mol. The van der Waals surface area contributed by atoms with Crippen molar-refractivity contribution in [1.29, 1.82) is 5.26 Å². The molecule has 3 aromatic heterocycles. The van der Waals surface area contributed by atoms with Crippen molar-refractivity contribution in [2.75, 3.05) is 37.7 Å². The monoisotopic (exact) mass is 545 g/mol. The third kappa shape index (κ3) is 5.34. The van der Waals surface area contributed by atoms with Crippen molar-refractivity contribution in [3.8, 4) is 11.9 Å². The van der Waals surface area contributed by atoms with Gasteiger partial charge in [0.1, 0.15) is 23.9 Å². The molecule has 5 heterocycles. The van der Waals surface area contributed by atoms with E-state index in [0.29, 0.717) is 24.5 Å². The zero-order valence-electron chi connectivity index (χ0n) is 21.7. The van der Waals surface area contributed by atoms with Crippen LogP contribution in [-0.2, 0) is 24.4 Å². The number of aromatic carboxylic acids is 1. The lowest BCUT2D eigenvalue weighted by molar-refractivity contribution is -0.0591. The standard InChI is InChI=1S/C28H28FN7O4/c29-23-12-19(14-30)4-5-20(23)18-40-26-3-1-2-25(31-26)34-9-7-33(8-10-34)15-21-16-36-27(13-24(32-36)28(37)38)35(21)17-22-6-11-39-22/h1-5,12-13,16,22H,6-11,15,17-18H2,(H,37,38). The number of piperazine rings is 1. The normalized spacial score (nSPS) is 17.5. The Labute approximate surface area is 229 Å². The molecule has 0 radical (unpaired) electrons. The third-order valence-electron chi connectivity index (χ3n) is 7.36. The van der Waals surface area contributed by atoms with E-state index in [1.165, 1.54) is 6.07 Å². The van der Waals surface area contributed by atoms with Gasteiger partial charge >= 0.3 is 5.97 Å². The van der Waals surface area contributed by atoms with Crippen LogP contribution in [0.3, 0.4) is 0 Å². The third-order valence-corrected chi connectivity index (χ3v) is 7.36. The lowest BCUT2D eigenvalue weighted by Crippen LogP contribution is -2.46. The van der Waals surface area contributed by atoms with Crippen molar-refractivity contribution in [1.82, 2.24) is 24.1 Å². The summed E-state index contributed by atoms with van der Waals surface area (Å²) in [6.45, 7) is 5.32. The average molecular weight is 546 g/mol. The minimum Gasteiger partial charge on any atom is -0.476 e. The highest BCUT2D eigenvalue weighted by atomic mass is 19.1. The predicted octanol–water partition coefficient (Wildman–Crippen LogP) is 2.93. The number of fused-ring (bicyclic) bond motifs is 1. The molecule has 12 heteroatoms. The van der Waals surface area contributed by atoms with Crippen LogP contribution in [0.25, 0.3) is 5.65 Å². The summed E-state index contributed by atoms with van der Waals surface area (Å²) >= 11 is 0. The van der Waals surface area contributed by atoms with Crippen LogP contribution in [0.1, 0.15) is 33.7 Å². The SMILES string of the molecule is N#Cc1ccc(COc2cccc(N3CCN(Cc4cn5nc(C(=O)O)cc5n4CC4CCO4)CC3)n2)c(F)c1. The van der Waals surface area contributed by atoms with Gasteiger partial charge in [-0.2, -0.15) is 15.3 Å². The minimum atomic E-state index is -1.04. The number of nitriles is 1. The molecule has 0 amide bonds. The van der Waals surface area contributed by atoms with E-state index >= 15 is 0 Å². The summed E-state index contributed by atoms with van der Waals surface area (Å²) in [5.74, 6) is -0.322. The molecule has 40 heavy (non-hydrogen) atoms. The molecule has 2 saturated heterocycles. The second-order valence-corrected chi connectivity index (χ2v) is 9.95. The highest BCUT2D eigenvalue weighted by Gasteiger charge is 2.25. The van der Waals surface area contributed by atoms with Crippen LogP contribution in [0.4, 0.5) is 10.2 Å². The molecule has 0 aliphatic carbocycles. The van der Waals surface area contributed by atoms with E-state index in [1.54, 1.807) is 28.8 Å². The lowest BCUT2D eigenvalue weighted by atomic mass is 10.1. The molecule has 6 rings (SSSR count). The van der Waals surface area contributed by atoms with Crippen LogP contribution in [0.2, 0.25) is 0 Å². The Morgan fingerprint density at radius 1 is 1.20 bits per heavy atom. The van der Waals surface area contributed by atoms with Crippen LogP contribution in [0.15, 0.2) is 48.7 Å². The Hall–Kier alpha value is -4.47. The van der Waals surface area contributed by atoms with E-state index in [9.17, 15) is 14.3 Å². The predicted molar refractivity (Wildman–Crippen MR) is 142 cm³/mol. The van der Waals surface area contributed by atoms with Crippen molar-refractivity contribution in [3.05, 3.63) is 77.0 Å². The summed E-state index contributed by atoms with van der Waals surface area (Å²) in [5.41, 5.74) is 2.47. The van der Waals surface area contributed by atoms with Crippen LogP contribution < -0.4 is 9.64 Å². The molecule has 1 aromatic carbocycles. The van der Waals surface area contributed by atoms with Crippen LogP contribution in [-0.4, -0.2) is 74.0 Å². The average Bonchev–Trinajstić information content (AvgIpc) is 3.49. The fourth-order valence-corrected chi connectivity index (χ4v) is 5.02. The van der Waals surface area contributed by atoms with Crippen LogP contribution in [0, 0.1) is 17.1 Å². The Morgan fingerprint density at radius 2 is 2.02 bits per heavy atom. The molecule has 11 nitrogen and oxygen atoms in total. The number of halogens is 1. The number of nitrogens with zero attached hydrogens (tertiary/aromatic N) is 7. The number of carboxylic acid groups (broad SMARTS) is 1. The molecule has 1 atom stereocenters. The molecule has 1 unspecified atom stereocenters. The summed E-state index contributed by atoms with van der Waals surface area (Å²) in [6.07, 6.45) is 3.02. The highest BCUT2D eigenvalue weighted by molar-refractivity contribution is 5.86. The minimum absolute atomic E-state index is 0.0186. The van der Waals surface area contributed by atoms with E-state index < -0.39 is 11.8 Å². The van der Waals surface area contributed by atoms with Crippen molar-refractivity contribution < 1.29 is 23.8 Å². The number of carbonyl (C=O) groups is 1. The number of imidazole rings is 1. The first-order valence-electron chi connectivity index (χ1n) is 13.1. The quantitative estimate of drug-likeness (QED) is 0.338. The summed E-state index contributed by atoms with van der Waals surface area (Å²) in [7, 11) is 0. The van der Waals surface area contributed by atoms with Crippen molar-refractivity contribution in [2.45, 2.75) is 32.2 Å². The largest absolute Gasteiger partial charge is 0.476 e. The van der Waals surface area contributed by atoms with Gasteiger partial charge in [-0.3, -0.25) is 4.90 Å². The van der Waals surface area contributed by atoms with Gasteiger partial charge in [-0.25, -0.2) is 13.7 Å². The van der Waals surface area contributed by atoms with Gasteiger partial charge in [-0.15, -0.1) is 0 Å². The van der Waals surface area contributed by atoms with Gasteiger partial charge < -0.3 is 24.0 Å². The Bertz CT molecular complexity index is 1580. The second-order valence-electron chi connectivity index (χ2n) is 9.95. The Morgan fingerprint density at radius 3 is 2.73 bits per heavy atom. The van der Waals surface area contributed by atoms with E-state index in [0.717, 1.165) is 56.4 Å². The van der Waals surface area contributed by atoms with Crippen molar-refractivity contribution in [2.24, 2.45) is 0 Å². The number of hydrogen-bond donors (Lipinski definition) is 1. The van der Waals surface area contributed by atoms with Crippen molar-refractivity contribution >= 4 is 17.4 Å². The number of rotatable bonds is 9. The molecule has 0 bridgehead atoms. The molecule has 2 fully saturated rings. The molecule has 0 saturated carbocycles. The smallest absolute Gasteiger partial charge is 0.356 e. The lowest BCUT2D eigenvalue weighted by Gasteiger charge is -2.35. The fourth-order valence-electron chi connectivity index (χ4n) is 5.02. The fraction of sp³-hybridized carbons (Fsp3) is 0.357. The van der Waals surface area contributed by atoms with E-state index in [4.69, 9.17) is 14.7 Å². The van der Waals surface area contributed by atoms with Crippen LogP contribution >= 0.6 is 0 Å². The Kier molecular flexibility index (Phi) is 7.06. The maximum atomic E-state index is 14.2. The maximum absolute atomic E-state index is 14.2. The molecule has 206 valence electrons. The van der Waals surface area contributed by atoms with Crippen LogP contribution in [0.5, 0.6) is 5.88 Å². The summed E-state index contributed by atoms with van der Waals surface area (Å²) in [6, 6.07) is 13.4. The molecule has 2 aliphatic rings. The molecule has 0 spiro atoms. The summed E-state index contributed by atoms with van der Waals surface area (Å²) in [5, 5.41) is 22.5. The van der Waals surface area contributed by atoms with Gasteiger partial charge in [0, 0.05) is 57.0 Å². The van der Waals surface area contributed by atoms with Gasteiger partial charge in [0.2, 0.25) is 5.88 Å². The van der Waals surface area contributed by atoms with E-state index in [-0.39, 0.29) is 24.0 Å². The second kappa shape index (κ2) is 11.0. The van der Waals surface area contributed by atoms with Gasteiger partial charge in [-0.1, -0.05) is 12.1 Å². The number of benzene rings is 1. The zero-order chi connectivity index (χ0) is 27.6. The van der Waals surface area contributed by atoms with Gasteiger partial charge in [0.15, 0.2) is 5.69 Å². The van der Waals surface area contributed by atoms with Crippen molar-refractivity contribution in [3.63, 3.8) is 0 Å². The topological polar surface area (TPSA) is 121 Å². The number of ether oxygens (including phenoxy) is 2. The maximum Gasteiger partial charge on any atom is 0.356 e. The number of pyridine rings is 1. The van der Waals surface area contributed by atoms with Gasteiger partial charge in [-0.05, 0) is 24.6 Å². The summed E-state index contributed by atoms with van der Waals surface area (Å²) < 4.78 is 29.4. The Balaban J connectivity index is 1.08. The molecule has 2 aliphatic heterocycles. The first kappa shape index (κ1) is 25.8. The number of aromatic nitrogens is 4. The van der Waals surface area contributed by atoms with E-state index in [2.05, 4.69) is 24.4 Å². The first-order valence-corrected chi connectivity index (χ1v) is 13.1. The summed E-state index contributed by atoms with van der Waals surface area (Å²) in [4.78, 5) is 20.6. The van der Waals surface area contributed by atoms with Gasteiger partial charge in [0.25, 0.3) is 0 Å². The zero-order valence-corrected chi connectivity index (χ0v) is 21.7. The number of hydrogen-bond acceptors (Lipinski definition) is 8. The number of carboxylic acids is 1. The molecule has 1 N–H and O–H groups in total. The molecular formula is C28H28FN7O4.